The summed E-state index contributed by atoms with van der Waals surface area (Å²) in [7, 11) is 0. The molecule has 1 saturated heterocycles. The third-order valence-corrected chi connectivity index (χ3v) is 6.07. The van der Waals surface area contributed by atoms with Gasteiger partial charge in [-0.1, -0.05) is 29.8 Å². The second-order valence-electron chi connectivity index (χ2n) is 6.90. The van der Waals surface area contributed by atoms with Gasteiger partial charge in [0.05, 0.1) is 5.60 Å². The van der Waals surface area contributed by atoms with Crippen molar-refractivity contribution >= 4 is 11.8 Å². The maximum atomic E-state index is 12.9. The minimum absolute atomic E-state index is 0.182. The molecule has 2 aromatic carbocycles. The fraction of sp³-hybridized carbons (Fsp3) is 0.429. The molecular formula is C21H26FNOS. The van der Waals surface area contributed by atoms with Gasteiger partial charge in [0, 0.05) is 18.0 Å². The van der Waals surface area contributed by atoms with Crippen molar-refractivity contribution in [1.82, 2.24) is 4.90 Å². The lowest BCUT2D eigenvalue weighted by Crippen LogP contribution is -2.42. The van der Waals surface area contributed by atoms with Crippen molar-refractivity contribution in [2.75, 3.05) is 25.4 Å². The molecule has 1 N–H and O–H groups in total. The molecule has 2 nitrogen and oxygen atoms in total. The number of rotatable bonds is 6. The summed E-state index contributed by atoms with van der Waals surface area (Å²) >= 11 is 1.77. The first kappa shape index (κ1) is 18.4. The van der Waals surface area contributed by atoms with Crippen molar-refractivity contribution in [3.05, 3.63) is 65.5 Å². The molecule has 1 aliphatic heterocycles. The lowest BCUT2D eigenvalue weighted by atomic mass is 9.84. The molecule has 1 fully saturated rings. The van der Waals surface area contributed by atoms with Gasteiger partial charge in [-0.05, 0) is 68.3 Å². The molecule has 25 heavy (non-hydrogen) atoms. The molecule has 3 rings (SSSR count). The second kappa shape index (κ2) is 8.35. The highest BCUT2D eigenvalue weighted by atomic mass is 32.2. The number of hydrogen-bond donors (Lipinski definition) is 1. The van der Waals surface area contributed by atoms with Crippen LogP contribution >= 0.6 is 11.8 Å². The molecule has 4 heteroatoms. The van der Waals surface area contributed by atoms with Crippen LogP contribution in [0.25, 0.3) is 0 Å². The quantitative estimate of drug-likeness (QED) is 0.602. The number of aliphatic hydroxyl groups is 1. The fourth-order valence-corrected chi connectivity index (χ4v) is 4.15. The molecule has 1 aliphatic rings. The molecule has 0 aliphatic carbocycles. The summed E-state index contributed by atoms with van der Waals surface area (Å²) in [4.78, 5) is 3.56. The summed E-state index contributed by atoms with van der Waals surface area (Å²) in [6.07, 6.45) is 2.69. The lowest BCUT2D eigenvalue weighted by Gasteiger charge is -2.38. The number of likely N-dealkylation sites (tertiary alicyclic amines) is 1. The number of piperidine rings is 1. The van der Waals surface area contributed by atoms with Gasteiger partial charge in [-0.15, -0.1) is 11.8 Å². The molecule has 0 amide bonds. The first-order valence-corrected chi connectivity index (χ1v) is 9.94. The van der Waals surface area contributed by atoms with E-state index in [1.54, 1.807) is 11.8 Å². The van der Waals surface area contributed by atoms with Crippen LogP contribution in [0.4, 0.5) is 4.39 Å². The Morgan fingerprint density at radius 1 is 1.04 bits per heavy atom. The van der Waals surface area contributed by atoms with Crippen LogP contribution in [0.5, 0.6) is 0 Å². The van der Waals surface area contributed by atoms with E-state index >= 15 is 0 Å². The van der Waals surface area contributed by atoms with Gasteiger partial charge in [-0.3, -0.25) is 0 Å². The van der Waals surface area contributed by atoms with Crippen LogP contribution in [0, 0.1) is 12.7 Å². The average Bonchev–Trinajstić information content (AvgIpc) is 2.62. The summed E-state index contributed by atoms with van der Waals surface area (Å²) in [5.74, 6) is 0.850. The van der Waals surface area contributed by atoms with Crippen LogP contribution in [0.2, 0.25) is 0 Å². The first-order valence-electron chi connectivity index (χ1n) is 8.95. The smallest absolute Gasteiger partial charge is 0.123 e. The van der Waals surface area contributed by atoms with Crippen molar-refractivity contribution in [2.24, 2.45) is 0 Å². The van der Waals surface area contributed by atoms with E-state index in [0.717, 1.165) is 55.1 Å². The van der Waals surface area contributed by atoms with Gasteiger partial charge >= 0.3 is 0 Å². The number of thioether (sulfide) groups is 1. The third kappa shape index (κ3) is 5.06. The summed E-state index contributed by atoms with van der Waals surface area (Å²) in [6.45, 7) is 5.00. The molecule has 0 atom stereocenters. The Balaban J connectivity index is 1.40. The average molecular weight is 360 g/mol. The molecule has 2 aromatic rings. The predicted octanol–water partition coefficient (Wildman–Crippen LogP) is 4.60. The van der Waals surface area contributed by atoms with Crippen molar-refractivity contribution in [1.29, 1.82) is 0 Å². The van der Waals surface area contributed by atoms with Gasteiger partial charge in [0.25, 0.3) is 0 Å². The van der Waals surface area contributed by atoms with Gasteiger partial charge in [-0.25, -0.2) is 4.39 Å². The van der Waals surface area contributed by atoms with Gasteiger partial charge in [0.2, 0.25) is 0 Å². The Hall–Kier alpha value is -1.36. The molecule has 0 saturated carbocycles. The zero-order valence-electron chi connectivity index (χ0n) is 14.7. The SMILES string of the molecule is Cc1ccc(C2(O)CCN(CCCSc3ccc(F)cc3)CC2)cc1. The van der Waals surface area contributed by atoms with Crippen LogP contribution in [0.1, 0.15) is 30.4 Å². The number of aryl methyl sites for hydroxylation is 1. The van der Waals surface area contributed by atoms with Gasteiger partial charge in [0.1, 0.15) is 5.82 Å². The lowest BCUT2D eigenvalue weighted by molar-refractivity contribution is -0.0257. The highest BCUT2D eigenvalue weighted by Gasteiger charge is 2.33. The monoisotopic (exact) mass is 359 g/mol. The van der Waals surface area contributed by atoms with Gasteiger partial charge < -0.3 is 10.0 Å². The number of nitrogens with zero attached hydrogens (tertiary/aromatic N) is 1. The minimum atomic E-state index is -0.674. The van der Waals surface area contributed by atoms with E-state index in [0.29, 0.717) is 0 Å². The number of benzene rings is 2. The van der Waals surface area contributed by atoms with E-state index < -0.39 is 5.60 Å². The van der Waals surface area contributed by atoms with Crippen LogP contribution in [0.15, 0.2) is 53.4 Å². The molecule has 1 heterocycles. The molecule has 0 bridgehead atoms. The van der Waals surface area contributed by atoms with Crippen LogP contribution in [-0.2, 0) is 5.60 Å². The Morgan fingerprint density at radius 2 is 1.68 bits per heavy atom. The zero-order chi connectivity index (χ0) is 17.7. The first-order chi connectivity index (χ1) is 12.0. The largest absolute Gasteiger partial charge is 0.385 e. The Labute approximate surface area is 154 Å². The van der Waals surface area contributed by atoms with Gasteiger partial charge in [0.15, 0.2) is 0 Å². The van der Waals surface area contributed by atoms with E-state index in [9.17, 15) is 9.50 Å². The Morgan fingerprint density at radius 3 is 2.32 bits per heavy atom. The molecule has 0 spiro atoms. The number of halogens is 1. The van der Waals surface area contributed by atoms with Crippen molar-refractivity contribution < 1.29 is 9.50 Å². The maximum absolute atomic E-state index is 12.9. The van der Waals surface area contributed by atoms with E-state index in [1.165, 1.54) is 17.7 Å². The maximum Gasteiger partial charge on any atom is 0.123 e. The summed E-state index contributed by atoms with van der Waals surface area (Å²) < 4.78 is 12.9. The Kier molecular flexibility index (Phi) is 6.15. The zero-order valence-corrected chi connectivity index (χ0v) is 15.6. The predicted molar refractivity (Wildman–Crippen MR) is 102 cm³/mol. The summed E-state index contributed by atoms with van der Waals surface area (Å²) in [6, 6.07) is 15.0. The van der Waals surface area contributed by atoms with E-state index in [1.807, 2.05) is 12.1 Å². The van der Waals surface area contributed by atoms with Gasteiger partial charge in [-0.2, -0.15) is 0 Å². The normalized spacial score (nSPS) is 17.6. The third-order valence-electron chi connectivity index (χ3n) is 4.97. The van der Waals surface area contributed by atoms with Crippen LogP contribution in [0.3, 0.4) is 0 Å². The summed E-state index contributed by atoms with van der Waals surface area (Å²) in [5.41, 5.74) is 1.60. The standard InChI is InChI=1S/C21H26FNOS/c1-17-3-5-18(6-4-17)21(24)11-14-23(15-12-21)13-2-16-25-20-9-7-19(22)8-10-20/h3-10,24H,2,11-16H2,1H3. The molecule has 0 unspecified atom stereocenters. The highest BCUT2D eigenvalue weighted by Crippen LogP contribution is 2.33. The molecule has 0 radical (unpaired) electrons. The van der Waals surface area contributed by atoms with Crippen LogP contribution in [-0.4, -0.2) is 35.4 Å². The van der Waals surface area contributed by atoms with E-state index in [-0.39, 0.29) is 5.82 Å². The van der Waals surface area contributed by atoms with Crippen molar-refractivity contribution in [3.63, 3.8) is 0 Å². The second-order valence-corrected chi connectivity index (χ2v) is 8.06. The van der Waals surface area contributed by atoms with Crippen molar-refractivity contribution in [2.45, 2.75) is 36.7 Å². The fourth-order valence-electron chi connectivity index (χ4n) is 3.31. The van der Waals surface area contributed by atoms with Crippen LogP contribution < -0.4 is 0 Å². The highest BCUT2D eigenvalue weighted by molar-refractivity contribution is 7.99. The molecular weight excluding hydrogens is 333 g/mol. The molecule has 0 aromatic heterocycles. The van der Waals surface area contributed by atoms with E-state index in [4.69, 9.17) is 0 Å². The number of hydrogen-bond acceptors (Lipinski definition) is 3. The Bertz CT molecular complexity index is 663. The van der Waals surface area contributed by atoms with E-state index in [2.05, 4.69) is 36.1 Å². The molecule has 134 valence electrons. The minimum Gasteiger partial charge on any atom is -0.385 e. The summed E-state index contributed by atoms with van der Waals surface area (Å²) in [5, 5.41) is 10.9. The topological polar surface area (TPSA) is 23.5 Å². The van der Waals surface area contributed by atoms with Crippen molar-refractivity contribution in [3.8, 4) is 0 Å².